The summed E-state index contributed by atoms with van der Waals surface area (Å²) in [5.74, 6) is 1.61. The van der Waals surface area contributed by atoms with Gasteiger partial charge in [-0.2, -0.15) is 30.3 Å². The molecule has 6 heteroatoms. The van der Waals surface area contributed by atoms with Gasteiger partial charge in [-0.3, -0.25) is 0 Å². The number of rotatable bonds is 8. The van der Waals surface area contributed by atoms with Gasteiger partial charge in [-0.05, 0) is 32.7 Å². The van der Waals surface area contributed by atoms with Crippen molar-refractivity contribution in [3.63, 3.8) is 0 Å². The van der Waals surface area contributed by atoms with Gasteiger partial charge in [0.15, 0.2) is 8.07 Å². The number of hydrogen-bond acceptors (Lipinski definition) is 4. The SMILES string of the molecule is CC(C)(c1cnc2c(n1)N(c1[c-]cccc1)[CH-]N2c1ccccc1)C(C)(C)[Si](c1ccccc1)(c1ccccc1)c1ccccc1.[Ir]. The Bertz CT molecular complexity index is 1820. The summed E-state index contributed by atoms with van der Waals surface area (Å²) >= 11 is 0. The van der Waals surface area contributed by atoms with E-state index in [4.69, 9.17) is 9.97 Å². The van der Waals surface area contributed by atoms with Crippen LogP contribution in [0.2, 0.25) is 5.04 Å². The van der Waals surface area contributed by atoms with E-state index in [-0.39, 0.29) is 25.1 Å². The van der Waals surface area contributed by atoms with Crippen molar-refractivity contribution >= 4 is 46.6 Å². The van der Waals surface area contributed by atoms with Crippen LogP contribution in [0.4, 0.5) is 23.0 Å². The Morgan fingerprint density at radius 3 is 1.57 bits per heavy atom. The maximum absolute atomic E-state index is 5.51. The summed E-state index contributed by atoms with van der Waals surface area (Å²) in [6, 6.07) is 55.2. The molecule has 7 rings (SSSR count). The first-order valence-corrected chi connectivity index (χ1v) is 17.8. The largest absolute Gasteiger partial charge is 0.477 e. The molecule has 0 aliphatic carbocycles. The van der Waals surface area contributed by atoms with Crippen molar-refractivity contribution in [2.75, 3.05) is 9.80 Å². The van der Waals surface area contributed by atoms with Crippen LogP contribution in [-0.4, -0.2) is 18.0 Å². The predicted molar refractivity (Wildman–Crippen MR) is 193 cm³/mol. The third kappa shape index (κ3) is 5.35. The van der Waals surface area contributed by atoms with E-state index >= 15 is 0 Å². The van der Waals surface area contributed by atoms with E-state index in [1.807, 2.05) is 30.5 Å². The maximum atomic E-state index is 5.51. The van der Waals surface area contributed by atoms with Crippen LogP contribution in [0.5, 0.6) is 0 Å². The van der Waals surface area contributed by atoms with Crippen molar-refractivity contribution in [2.24, 2.45) is 0 Å². The smallest absolute Gasteiger partial charge is 0.154 e. The minimum atomic E-state index is -2.75. The zero-order valence-corrected chi connectivity index (χ0v) is 30.5. The van der Waals surface area contributed by atoms with Gasteiger partial charge in [0.1, 0.15) is 11.6 Å². The van der Waals surface area contributed by atoms with Crippen LogP contribution in [0.15, 0.2) is 152 Å². The van der Waals surface area contributed by atoms with Gasteiger partial charge in [0.25, 0.3) is 0 Å². The number of benzene rings is 5. The van der Waals surface area contributed by atoms with Crippen LogP contribution >= 0.6 is 0 Å². The first kappa shape index (κ1) is 32.6. The van der Waals surface area contributed by atoms with E-state index in [0.29, 0.717) is 0 Å². The predicted octanol–water partition coefficient (Wildman–Crippen LogP) is 7.91. The first-order valence-electron chi connectivity index (χ1n) is 15.8. The molecule has 0 N–H and O–H groups in total. The molecular formula is C41H38IrN4Si-2. The number of hydrogen-bond donors (Lipinski definition) is 0. The van der Waals surface area contributed by atoms with E-state index in [0.717, 1.165) is 28.7 Å². The van der Waals surface area contributed by atoms with Gasteiger partial charge in [-0.1, -0.05) is 137 Å². The van der Waals surface area contributed by atoms with Crippen LogP contribution in [0.25, 0.3) is 0 Å². The molecule has 1 aliphatic rings. The van der Waals surface area contributed by atoms with Gasteiger partial charge in [0.05, 0.1) is 11.9 Å². The van der Waals surface area contributed by atoms with Crippen molar-refractivity contribution in [2.45, 2.75) is 38.1 Å². The third-order valence-electron chi connectivity index (χ3n) is 10.2. The van der Waals surface area contributed by atoms with Gasteiger partial charge in [-0.15, -0.1) is 12.4 Å². The van der Waals surface area contributed by atoms with Gasteiger partial charge < -0.3 is 9.80 Å². The Morgan fingerprint density at radius 2 is 1.09 bits per heavy atom. The number of anilines is 4. The fraction of sp³-hybridized carbons (Fsp3) is 0.146. The molecule has 0 amide bonds. The molecule has 0 saturated carbocycles. The fourth-order valence-electron chi connectivity index (χ4n) is 7.15. The quantitative estimate of drug-likeness (QED) is 0.0890. The summed E-state index contributed by atoms with van der Waals surface area (Å²) in [6.45, 7) is 11.7. The van der Waals surface area contributed by atoms with Crippen LogP contribution in [-0.2, 0) is 25.5 Å². The average molecular weight is 807 g/mol. The number of nitrogens with zero attached hydrogens (tertiary/aromatic N) is 4. The van der Waals surface area contributed by atoms with Crippen LogP contribution in [0.3, 0.4) is 0 Å². The molecule has 47 heavy (non-hydrogen) atoms. The minimum absolute atomic E-state index is 0. The molecular weight excluding hydrogens is 769 g/mol. The summed E-state index contributed by atoms with van der Waals surface area (Å²) in [5.41, 5.74) is 2.51. The molecule has 0 fully saturated rings. The van der Waals surface area contributed by atoms with Gasteiger partial charge in [0.2, 0.25) is 0 Å². The molecule has 6 aromatic rings. The van der Waals surface area contributed by atoms with Crippen molar-refractivity contribution < 1.29 is 20.1 Å². The van der Waals surface area contributed by atoms with Crippen LogP contribution in [0, 0.1) is 12.7 Å². The number of para-hydroxylation sites is 2. The monoisotopic (exact) mass is 807 g/mol. The van der Waals surface area contributed by atoms with Gasteiger partial charge in [0, 0.05) is 31.2 Å². The van der Waals surface area contributed by atoms with E-state index in [2.05, 4.69) is 172 Å². The number of fused-ring (bicyclic) bond motifs is 1. The normalized spacial score (nSPS) is 13.2. The Labute approximate surface area is 293 Å². The van der Waals surface area contributed by atoms with E-state index in [9.17, 15) is 0 Å². The topological polar surface area (TPSA) is 32.3 Å². The molecule has 0 bridgehead atoms. The van der Waals surface area contributed by atoms with E-state index in [1.165, 1.54) is 15.6 Å². The second-order valence-electron chi connectivity index (χ2n) is 12.9. The van der Waals surface area contributed by atoms with Crippen molar-refractivity contribution in [3.8, 4) is 0 Å². The molecule has 0 atom stereocenters. The zero-order chi connectivity index (χ0) is 31.8. The third-order valence-corrected chi connectivity index (χ3v) is 16.3. The second-order valence-corrected chi connectivity index (χ2v) is 17.4. The van der Waals surface area contributed by atoms with E-state index < -0.39 is 13.5 Å². The molecule has 0 saturated heterocycles. The molecule has 1 aliphatic heterocycles. The molecule has 0 unspecified atom stereocenters. The Balaban J connectivity index is 0.00000386. The van der Waals surface area contributed by atoms with Crippen molar-refractivity contribution in [3.05, 3.63) is 170 Å². The molecule has 1 radical (unpaired) electrons. The maximum Gasteiger partial charge on any atom is 0.154 e. The first-order chi connectivity index (χ1) is 22.4. The zero-order valence-electron chi connectivity index (χ0n) is 27.1. The second kappa shape index (κ2) is 13.0. The number of aromatic nitrogens is 2. The van der Waals surface area contributed by atoms with Crippen LogP contribution < -0.4 is 25.4 Å². The molecule has 0 spiro atoms. The van der Waals surface area contributed by atoms with E-state index in [1.54, 1.807) is 0 Å². The molecule has 1 aromatic heterocycles. The van der Waals surface area contributed by atoms with Gasteiger partial charge in [-0.25, -0.2) is 9.97 Å². The molecule has 2 heterocycles. The van der Waals surface area contributed by atoms with Gasteiger partial charge >= 0.3 is 0 Å². The average Bonchev–Trinajstić information content (AvgIpc) is 3.50. The summed E-state index contributed by atoms with van der Waals surface area (Å²) in [4.78, 5) is 14.9. The Hall–Kier alpha value is -4.35. The molecule has 4 nitrogen and oxygen atoms in total. The molecule has 5 aromatic carbocycles. The summed E-state index contributed by atoms with van der Waals surface area (Å²) in [6.07, 6.45) is 2.00. The van der Waals surface area contributed by atoms with Crippen LogP contribution in [0.1, 0.15) is 33.4 Å². The minimum Gasteiger partial charge on any atom is -0.477 e. The standard InChI is InChI=1S/C41H38N4Si.Ir/c1-40(2,37-30-42-38-39(43-37)45(33-22-12-6-13-23-33)31-44(38)32-20-10-5-11-21-32)41(3,4)46(34-24-14-7-15-25-34,35-26-16-8-17-27-35)36-28-18-9-19-29-36;/h5-22,24-31H,1-4H3;/q-2;. The fourth-order valence-corrected chi connectivity index (χ4v) is 13.5. The molecule has 237 valence electrons. The van der Waals surface area contributed by atoms with Crippen molar-refractivity contribution in [1.82, 2.24) is 9.97 Å². The Morgan fingerprint density at radius 1 is 0.596 bits per heavy atom. The summed E-state index contributed by atoms with van der Waals surface area (Å²) in [5, 5.41) is 3.86. The Kier molecular flexibility index (Phi) is 9.04. The summed E-state index contributed by atoms with van der Waals surface area (Å²) < 4.78 is 0. The van der Waals surface area contributed by atoms with Crippen molar-refractivity contribution in [1.29, 1.82) is 0 Å². The summed E-state index contributed by atoms with van der Waals surface area (Å²) in [7, 11) is -2.75.